The highest BCUT2D eigenvalue weighted by molar-refractivity contribution is 6.53. The van der Waals surface area contributed by atoms with Crippen molar-refractivity contribution >= 4 is 45.4 Å². The van der Waals surface area contributed by atoms with Crippen molar-refractivity contribution in [3.05, 3.63) is 63.9 Å². The van der Waals surface area contributed by atoms with Crippen LogP contribution >= 0.6 is 34.8 Å². The molecule has 0 spiro atoms. The van der Waals surface area contributed by atoms with Crippen LogP contribution in [0.15, 0.2) is 42.7 Å². The molecule has 0 bridgehead atoms. The van der Waals surface area contributed by atoms with Crippen LogP contribution in [0, 0.1) is 11.3 Å². The first-order chi connectivity index (χ1) is 9.11. The summed E-state index contributed by atoms with van der Waals surface area (Å²) in [6.07, 6.45) is 3.20. The first-order valence-corrected chi connectivity index (χ1v) is 6.42. The summed E-state index contributed by atoms with van der Waals surface area (Å²) in [5, 5.41) is 10.5. The zero-order chi connectivity index (χ0) is 13.8. The van der Waals surface area contributed by atoms with Crippen LogP contribution in [0.3, 0.4) is 0 Å². The van der Waals surface area contributed by atoms with Crippen LogP contribution in [0.25, 0.3) is 10.6 Å². The van der Waals surface area contributed by atoms with Gasteiger partial charge in [-0.3, -0.25) is 4.98 Å². The largest absolute Gasteiger partial charge is 0.265 e. The molecule has 0 saturated heterocycles. The second-order valence-corrected chi connectivity index (χ2v) is 4.95. The number of rotatable bonds is 2. The first kappa shape index (κ1) is 13.9. The van der Waals surface area contributed by atoms with E-state index in [1.165, 1.54) is 0 Å². The molecule has 0 N–H and O–H groups in total. The van der Waals surface area contributed by atoms with Crippen LogP contribution in [0.2, 0.25) is 10.0 Å². The number of benzene rings is 1. The van der Waals surface area contributed by atoms with Gasteiger partial charge in [0, 0.05) is 22.4 Å². The SMILES string of the molecule is N#C/C(=C(/Cl)c1cc(Cl)cc(Cl)c1)c1ccncc1. The average Bonchev–Trinajstić information content (AvgIpc) is 2.39. The van der Waals surface area contributed by atoms with E-state index in [1.54, 1.807) is 42.7 Å². The molecule has 0 atom stereocenters. The number of nitrogens with zero attached hydrogens (tertiary/aromatic N) is 2. The van der Waals surface area contributed by atoms with Crippen LogP contribution in [-0.2, 0) is 0 Å². The zero-order valence-corrected chi connectivity index (χ0v) is 11.8. The summed E-state index contributed by atoms with van der Waals surface area (Å²) in [5.74, 6) is 0. The van der Waals surface area contributed by atoms with Crippen LogP contribution in [-0.4, -0.2) is 4.98 Å². The molecule has 2 aromatic rings. The maximum absolute atomic E-state index is 9.27. The van der Waals surface area contributed by atoms with Gasteiger partial charge >= 0.3 is 0 Å². The molecule has 1 aromatic heterocycles. The molecular weight excluding hydrogens is 303 g/mol. The van der Waals surface area contributed by atoms with Crippen molar-refractivity contribution in [1.82, 2.24) is 4.98 Å². The van der Waals surface area contributed by atoms with Crippen molar-refractivity contribution in [1.29, 1.82) is 5.26 Å². The topological polar surface area (TPSA) is 36.7 Å². The molecule has 5 heteroatoms. The highest BCUT2D eigenvalue weighted by Crippen LogP contribution is 2.32. The van der Waals surface area contributed by atoms with Gasteiger partial charge in [0.25, 0.3) is 0 Å². The maximum atomic E-state index is 9.27. The Balaban J connectivity index is 2.59. The predicted molar refractivity (Wildman–Crippen MR) is 79.0 cm³/mol. The number of pyridine rings is 1. The first-order valence-electron chi connectivity index (χ1n) is 5.28. The van der Waals surface area contributed by atoms with E-state index in [0.29, 0.717) is 31.8 Å². The van der Waals surface area contributed by atoms with Crippen LogP contribution < -0.4 is 0 Å². The lowest BCUT2D eigenvalue weighted by molar-refractivity contribution is 1.32. The summed E-state index contributed by atoms with van der Waals surface area (Å²) in [4.78, 5) is 3.91. The molecular formula is C14H7Cl3N2. The summed E-state index contributed by atoms with van der Waals surface area (Å²) in [5.41, 5.74) is 1.65. The van der Waals surface area contributed by atoms with Gasteiger partial charge in [-0.2, -0.15) is 5.26 Å². The molecule has 94 valence electrons. The maximum Gasteiger partial charge on any atom is 0.101 e. The van der Waals surface area contributed by atoms with Crippen molar-refractivity contribution in [2.45, 2.75) is 0 Å². The number of allylic oxidation sites excluding steroid dienone is 1. The number of nitriles is 1. The van der Waals surface area contributed by atoms with Crippen LogP contribution in [0.5, 0.6) is 0 Å². The smallest absolute Gasteiger partial charge is 0.101 e. The van der Waals surface area contributed by atoms with E-state index in [0.717, 1.165) is 0 Å². The fraction of sp³-hybridized carbons (Fsp3) is 0. The molecule has 2 nitrogen and oxygen atoms in total. The molecule has 0 unspecified atom stereocenters. The molecule has 0 aliphatic heterocycles. The quantitative estimate of drug-likeness (QED) is 0.730. The zero-order valence-electron chi connectivity index (χ0n) is 9.57. The van der Waals surface area contributed by atoms with Crippen LogP contribution in [0.4, 0.5) is 0 Å². The van der Waals surface area contributed by atoms with E-state index in [4.69, 9.17) is 34.8 Å². The lowest BCUT2D eigenvalue weighted by Crippen LogP contribution is -1.87. The Kier molecular flexibility index (Phi) is 4.44. The molecule has 1 heterocycles. The fourth-order valence-electron chi connectivity index (χ4n) is 1.58. The van der Waals surface area contributed by atoms with Crippen molar-refractivity contribution in [2.24, 2.45) is 0 Å². The van der Waals surface area contributed by atoms with Gasteiger partial charge in [-0.05, 0) is 41.5 Å². The number of halogens is 3. The monoisotopic (exact) mass is 308 g/mol. The van der Waals surface area contributed by atoms with E-state index < -0.39 is 0 Å². The number of hydrogen-bond donors (Lipinski definition) is 0. The van der Waals surface area contributed by atoms with Gasteiger partial charge in [0.05, 0.1) is 10.6 Å². The number of hydrogen-bond acceptors (Lipinski definition) is 2. The van der Waals surface area contributed by atoms with Gasteiger partial charge in [0.2, 0.25) is 0 Å². The van der Waals surface area contributed by atoms with E-state index in [2.05, 4.69) is 11.1 Å². The molecule has 0 radical (unpaired) electrons. The molecule has 0 aliphatic carbocycles. The standard InChI is InChI=1S/C14H7Cl3N2/c15-11-5-10(6-12(16)7-11)14(17)13(8-18)9-1-3-19-4-2-9/h1-7H/b14-13-. The lowest BCUT2D eigenvalue weighted by Gasteiger charge is -2.05. The Hall–Kier alpha value is -1.53. The highest BCUT2D eigenvalue weighted by atomic mass is 35.5. The fourth-order valence-corrected chi connectivity index (χ4v) is 2.37. The lowest BCUT2D eigenvalue weighted by atomic mass is 10.0. The van der Waals surface area contributed by atoms with Crippen molar-refractivity contribution in [3.8, 4) is 6.07 Å². The summed E-state index contributed by atoms with van der Waals surface area (Å²) >= 11 is 18.1. The molecule has 2 rings (SSSR count). The van der Waals surface area contributed by atoms with E-state index in [1.807, 2.05) is 0 Å². The van der Waals surface area contributed by atoms with E-state index >= 15 is 0 Å². The Bertz CT molecular complexity index is 653. The summed E-state index contributed by atoms with van der Waals surface area (Å²) in [6.45, 7) is 0. The van der Waals surface area contributed by atoms with Gasteiger partial charge < -0.3 is 0 Å². The Morgan fingerprint density at radius 1 is 1.00 bits per heavy atom. The van der Waals surface area contributed by atoms with E-state index in [9.17, 15) is 5.26 Å². The average molecular weight is 310 g/mol. The van der Waals surface area contributed by atoms with Gasteiger partial charge in [-0.15, -0.1) is 0 Å². The third-order valence-corrected chi connectivity index (χ3v) is 3.26. The summed E-state index contributed by atoms with van der Waals surface area (Å²) in [7, 11) is 0. The third kappa shape index (κ3) is 3.27. The Morgan fingerprint density at radius 3 is 2.11 bits per heavy atom. The minimum atomic E-state index is 0.304. The Morgan fingerprint density at radius 2 is 1.58 bits per heavy atom. The normalized spacial score (nSPS) is 11.7. The van der Waals surface area contributed by atoms with Gasteiger partial charge in [0.1, 0.15) is 6.07 Å². The molecule has 0 aliphatic rings. The Labute approximate surface area is 125 Å². The minimum Gasteiger partial charge on any atom is -0.265 e. The van der Waals surface area contributed by atoms with Gasteiger partial charge in [-0.25, -0.2) is 0 Å². The molecule has 0 saturated carbocycles. The molecule has 0 fully saturated rings. The number of aromatic nitrogens is 1. The molecule has 0 amide bonds. The van der Waals surface area contributed by atoms with Crippen molar-refractivity contribution in [2.75, 3.05) is 0 Å². The second-order valence-electron chi connectivity index (χ2n) is 3.69. The summed E-state index contributed by atoms with van der Waals surface area (Å²) in [6, 6.07) is 10.4. The second kappa shape index (κ2) is 6.08. The van der Waals surface area contributed by atoms with E-state index in [-0.39, 0.29) is 0 Å². The molecule has 19 heavy (non-hydrogen) atoms. The van der Waals surface area contributed by atoms with Gasteiger partial charge in [-0.1, -0.05) is 34.8 Å². The minimum absolute atomic E-state index is 0.304. The van der Waals surface area contributed by atoms with Crippen molar-refractivity contribution < 1.29 is 0 Å². The third-order valence-electron chi connectivity index (χ3n) is 2.42. The molecule has 1 aromatic carbocycles. The summed E-state index contributed by atoms with van der Waals surface area (Å²) < 4.78 is 0. The van der Waals surface area contributed by atoms with Crippen LogP contribution in [0.1, 0.15) is 11.1 Å². The van der Waals surface area contributed by atoms with Gasteiger partial charge in [0.15, 0.2) is 0 Å². The predicted octanol–water partition coefficient (Wildman–Crippen LogP) is 5.02. The van der Waals surface area contributed by atoms with Crippen molar-refractivity contribution in [3.63, 3.8) is 0 Å². The highest BCUT2D eigenvalue weighted by Gasteiger charge is 2.10.